The molecule has 0 saturated carbocycles. The first kappa shape index (κ1) is 27.8. The van der Waals surface area contributed by atoms with E-state index in [9.17, 15) is 38.8 Å². The summed E-state index contributed by atoms with van der Waals surface area (Å²) in [6, 6.07) is -1.48. The van der Waals surface area contributed by atoms with Crippen molar-refractivity contribution in [2.45, 2.75) is 101 Å². The minimum Gasteiger partial charge on any atom is -0.394 e. The van der Waals surface area contributed by atoms with Gasteiger partial charge in [0.05, 0.1) is 18.7 Å². The summed E-state index contributed by atoms with van der Waals surface area (Å²) in [4.78, 5) is 23.0. The van der Waals surface area contributed by atoms with Crippen LogP contribution in [0, 0.1) is 0 Å². The van der Waals surface area contributed by atoms with Crippen LogP contribution in [0.1, 0.15) is 52.4 Å². The number of carbonyl (C=O) groups excluding carboxylic acids is 2. The van der Waals surface area contributed by atoms with Gasteiger partial charge in [0.2, 0.25) is 5.91 Å². The number of aliphatic hydroxyl groups is 5. The van der Waals surface area contributed by atoms with E-state index in [0.29, 0.717) is 25.7 Å². The molecule has 0 radical (unpaired) electrons. The molecule has 0 aromatic heterocycles. The molecule has 1 aliphatic heterocycles. The lowest BCUT2D eigenvalue weighted by Crippen LogP contribution is -2.71. The van der Waals surface area contributed by atoms with E-state index in [1.165, 1.54) is 13.8 Å². The van der Waals surface area contributed by atoms with Gasteiger partial charge >= 0.3 is 5.92 Å². The molecule has 0 aliphatic carbocycles. The summed E-state index contributed by atoms with van der Waals surface area (Å²) < 4.78 is 33.8. The summed E-state index contributed by atoms with van der Waals surface area (Å²) in [7, 11) is 0. The lowest BCUT2D eigenvalue weighted by atomic mass is 9.87. The van der Waals surface area contributed by atoms with Gasteiger partial charge in [0.15, 0.2) is 5.78 Å². The Bertz CT molecular complexity index is 609. The molecule has 1 heterocycles. The van der Waals surface area contributed by atoms with Crippen LogP contribution in [0.5, 0.6) is 0 Å². The molecular formula is C19H34F2N2O8. The molecule has 0 unspecified atom stereocenters. The van der Waals surface area contributed by atoms with Gasteiger partial charge in [0.25, 0.3) is 5.79 Å². The zero-order valence-electron chi connectivity index (χ0n) is 17.7. The minimum atomic E-state index is -3.97. The Morgan fingerprint density at radius 3 is 2.29 bits per heavy atom. The van der Waals surface area contributed by atoms with E-state index in [1.807, 2.05) is 0 Å². The summed E-state index contributed by atoms with van der Waals surface area (Å²) in [6.45, 7) is 1.94. The van der Waals surface area contributed by atoms with Gasteiger partial charge in [-0.3, -0.25) is 9.59 Å². The highest BCUT2D eigenvalue weighted by Crippen LogP contribution is 2.42. The molecule has 8 N–H and O–H groups in total. The highest BCUT2D eigenvalue weighted by Gasteiger charge is 2.65. The SMILES string of the molecule is CC(=O)[C@H](C)NC(=O)[C@@H](N)CCCCCCC(F)(F)[C@]1(O)O[C@H](CO)[C@H](O)[C@H](O)[C@H]1O. The van der Waals surface area contributed by atoms with Crippen molar-refractivity contribution in [2.24, 2.45) is 5.73 Å². The molecule has 1 amide bonds. The third-order valence-electron chi connectivity index (χ3n) is 5.55. The number of aliphatic hydroxyl groups excluding tert-OH is 4. The molecule has 10 nitrogen and oxygen atoms in total. The first-order chi connectivity index (χ1) is 14.3. The van der Waals surface area contributed by atoms with E-state index in [2.05, 4.69) is 10.1 Å². The summed E-state index contributed by atoms with van der Waals surface area (Å²) >= 11 is 0. The molecule has 1 fully saturated rings. The largest absolute Gasteiger partial charge is 0.394 e. The second kappa shape index (κ2) is 11.5. The predicted octanol–water partition coefficient (Wildman–Crippen LogP) is -1.45. The average molecular weight is 456 g/mol. The molecule has 1 aliphatic rings. The Labute approximate surface area is 179 Å². The number of ether oxygens (including phenoxy) is 1. The summed E-state index contributed by atoms with van der Waals surface area (Å²) in [5.74, 6) is -8.12. The molecule has 12 heteroatoms. The van der Waals surface area contributed by atoms with Crippen LogP contribution in [-0.4, -0.2) is 92.0 Å². The van der Waals surface area contributed by atoms with Crippen LogP contribution < -0.4 is 11.1 Å². The van der Waals surface area contributed by atoms with Crippen LogP contribution in [0.3, 0.4) is 0 Å². The van der Waals surface area contributed by atoms with Gasteiger partial charge in [-0.25, -0.2) is 8.78 Å². The predicted molar refractivity (Wildman–Crippen MR) is 104 cm³/mol. The average Bonchev–Trinajstić information content (AvgIpc) is 2.70. The third-order valence-corrected chi connectivity index (χ3v) is 5.55. The van der Waals surface area contributed by atoms with Crippen LogP contribution >= 0.6 is 0 Å². The lowest BCUT2D eigenvalue weighted by molar-refractivity contribution is -0.412. The van der Waals surface area contributed by atoms with Gasteiger partial charge in [-0.1, -0.05) is 19.3 Å². The number of Topliss-reactive ketones (excluding diaryl/α,β-unsaturated/α-hetero) is 1. The molecule has 1 rings (SSSR count). The number of hydrogen-bond acceptors (Lipinski definition) is 9. The van der Waals surface area contributed by atoms with Crippen molar-refractivity contribution in [2.75, 3.05) is 6.61 Å². The van der Waals surface area contributed by atoms with Crippen LogP contribution in [-0.2, 0) is 14.3 Å². The van der Waals surface area contributed by atoms with Crippen LogP contribution in [0.15, 0.2) is 0 Å². The van der Waals surface area contributed by atoms with Gasteiger partial charge in [-0.05, 0) is 26.7 Å². The molecule has 31 heavy (non-hydrogen) atoms. The molecule has 0 spiro atoms. The fourth-order valence-electron chi connectivity index (χ4n) is 3.25. The van der Waals surface area contributed by atoms with Gasteiger partial charge in [0.1, 0.15) is 24.4 Å². The van der Waals surface area contributed by atoms with Crippen molar-refractivity contribution in [3.05, 3.63) is 0 Å². The first-order valence-electron chi connectivity index (χ1n) is 10.3. The zero-order chi connectivity index (χ0) is 24.0. The van der Waals surface area contributed by atoms with Crippen molar-refractivity contribution in [3.63, 3.8) is 0 Å². The smallest absolute Gasteiger partial charge is 0.303 e. The number of amides is 1. The Morgan fingerprint density at radius 1 is 1.16 bits per heavy atom. The number of nitrogens with two attached hydrogens (primary N) is 1. The monoisotopic (exact) mass is 456 g/mol. The quantitative estimate of drug-likeness (QED) is 0.173. The highest BCUT2D eigenvalue weighted by atomic mass is 19.3. The number of unbranched alkanes of at least 4 members (excludes halogenated alkanes) is 3. The minimum absolute atomic E-state index is 0.0728. The number of carbonyl (C=O) groups is 2. The molecule has 0 aromatic rings. The van der Waals surface area contributed by atoms with Gasteiger partial charge in [0, 0.05) is 6.42 Å². The molecular weight excluding hydrogens is 422 g/mol. The van der Waals surface area contributed by atoms with E-state index in [4.69, 9.17) is 10.8 Å². The maximum Gasteiger partial charge on any atom is 0.303 e. The van der Waals surface area contributed by atoms with Crippen LogP contribution in [0.25, 0.3) is 0 Å². The van der Waals surface area contributed by atoms with E-state index < -0.39 is 67.1 Å². The number of rotatable bonds is 12. The Hall–Kier alpha value is -1.28. The third kappa shape index (κ3) is 6.85. The van der Waals surface area contributed by atoms with Crippen molar-refractivity contribution in [1.82, 2.24) is 5.32 Å². The fraction of sp³-hybridized carbons (Fsp3) is 0.895. The molecule has 7 atom stereocenters. The van der Waals surface area contributed by atoms with E-state index in [1.54, 1.807) is 0 Å². The normalized spacial score (nSPS) is 31.2. The Balaban J connectivity index is 2.45. The van der Waals surface area contributed by atoms with Crippen molar-refractivity contribution in [1.29, 1.82) is 0 Å². The second-order valence-corrected chi connectivity index (χ2v) is 8.07. The van der Waals surface area contributed by atoms with Crippen molar-refractivity contribution >= 4 is 11.7 Å². The summed E-state index contributed by atoms with van der Waals surface area (Å²) in [5.41, 5.74) is 5.74. The van der Waals surface area contributed by atoms with Gasteiger partial charge < -0.3 is 41.3 Å². The standard InChI is InChI=1S/C19H34F2N2O8/c1-10(11(2)25)23-17(29)12(22)7-5-3-4-6-8-18(20,21)19(30)16(28)15(27)14(26)13(9-24)31-19/h10,12-16,24,26-28,30H,3-9,22H2,1-2H3,(H,23,29)/t10-,12-,13+,14-,15-,16+,19+/m0/s1. The molecule has 0 aromatic carbocycles. The van der Waals surface area contributed by atoms with Crippen molar-refractivity contribution in [3.8, 4) is 0 Å². The summed E-state index contributed by atoms with van der Waals surface area (Å²) in [5, 5.41) is 51.0. The Morgan fingerprint density at radius 2 is 1.74 bits per heavy atom. The van der Waals surface area contributed by atoms with Crippen molar-refractivity contribution < 1.29 is 48.6 Å². The maximum absolute atomic E-state index is 14.6. The molecule has 0 bridgehead atoms. The molecule has 182 valence electrons. The maximum atomic E-state index is 14.6. The van der Waals surface area contributed by atoms with Crippen LogP contribution in [0.4, 0.5) is 8.78 Å². The topological polar surface area (TPSA) is 183 Å². The Kier molecular flexibility index (Phi) is 10.3. The second-order valence-electron chi connectivity index (χ2n) is 8.07. The molecule has 1 saturated heterocycles. The van der Waals surface area contributed by atoms with Gasteiger partial charge in [-0.2, -0.15) is 0 Å². The number of halogens is 2. The number of nitrogens with one attached hydrogen (secondary N) is 1. The van der Waals surface area contributed by atoms with Gasteiger partial charge in [-0.15, -0.1) is 0 Å². The number of alkyl halides is 2. The lowest BCUT2D eigenvalue weighted by Gasteiger charge is -2.48. The number of ketones is 1. The van der Waals surface area contributed by atoms with E-state index >= 15 is 0 Å². The summed E-state index contributed by atoms with van der Waals surface area (Å²) in [6.07, 6.45) is -7.56. The number of hydrogen-bond donors (Lipinski definition) is 7. The zero-order valence-corrected chi connectivity index (χ0v) is 17.7. The highest BCUT2D eigenvalue weighted by molar-refractivity contribution is 5.89. The van der Waals surface area contributed by atoms with Crippen LogP contribution in [0.2, 0.25) is 0 Å². The fourth-order valence-corrected chi connectivity index (χ4v) is 3.25. The first-order valence-corrected chi connectivity index (χ1v) is 10.3. The van der Waals surface area contributed by atoms with E-state index in [0.717, 1.165) is 0 Å². The van der Waals surface area contributed by atoms with E-state index in [-0.39, 0.29) is 12.2 Å².